The lowest BCUT2D eigenvalue weighted by atomic mass is 9.86. The van der Waals surface area contributed by atoms with Crippen molar-refractivity contribution >= 4 is 5.91 Å². The average Bonchev–Trinajstić information content (AvgIpc) is 1.77. The first-order valence-electron chi connectivity index (χ1n) is 5.03. The number of amides is 1. The molecular formula is C10H17NO2. The molecular weight excluding hydrogens is 166 g/mol. The summed E-state index contributed by atoms with van der Waals surface area (Å²) in [4.78, 5) is 13.4. The van der Waals surface area contributed by atoms with Crippen LogP contribution >= 0.6 is 0 Å². The van der Waals surface area contributed by atoms with Gasteiger partial charge in [0.1, 0.15) is 5.60 Å². The Bertz CT molecular complexity index is 213. The van der Waals surface area contributed by atoms with Crippen LogP contribution in [0.25, 0.3) is 0 Å². The molecule has 2 saturated heterocycles. The summed E-state index contributed by atoms with van der Waals surface area (Å²) in [5, 5.41) is 0. The Hall–Kier alpha value is -0.570. The maximum Gasteiger partial charge on any atom is 0.223 e. The van der Waals surface area contributed by atoms with E-state index in [2.05, 4.69) is 13.8 Å². The molecule has 0 aliphatic carbocycles. The van der Waals surface area contributed by atoms with Gasteiger partial charge in [-0.1, -0.05) is 13.8 Å². The van der Waals surface area contributed by atoms with E-state index in [9.17, 15) is 4.79 Å². The molecule has 3 heteroatoms. The SMILES string of the molecule is CC(C)CC(=O)N1CC2(CCO2)C1. The monoisotopic (exact) mass is 183 g/mol. The Labute approximate surface area is 79.0 Å². The number of carbonyl (C=O) groups excluding carboxylic acids is 1. The van der Waals surface area contributed by atoms with Crippen LogP contribution in [0.2, 0.25) is 0 Å². The van der Waals surface area contributed by atoms with E-state index in [1.165, 1.54) is 0 Å². The summed E-state index contributed by atoms with van der Waals surface area (Å²) >= 11 is 0. The smallest absolute Gasteiger partial charge is 0.223 e. The predicted octanol–water partition coefficient (Wildman–Crippen LogP) is 1.03. The molecule has 0 N–H and O–H groups in total. The van der Waals surface area contributed by atoms with Crippen molar-refractivity contribution in [2.75, 3.05) is 19.7 Å². The maximum atomic E-state index is 11.5. The van der Waals surface area contributed by atoms with Gasteiger partial charge >= 0.3 is 0 Å². The van der Waals surface area contributed by atoms with Crippen LogP contribution in [-0.4, -0.2) is 36.1 Å². The summed E-state index contributed by atoms with van der Waals surface area (Å²) in [6.07, 6.45) is 1.81. The zero-order chi connectivity index (χ0) is 9.47. The van der Waals surface area contributed by atoms with Crippen molar-refractivity contribution in [3.63, 3.8) is 0 Å². The van der Waals surface area contributed by atoms with E-state index in [0.717, 1.165) is 26.1 Å². The van der Waals surface area contributed by atoms with Crippen molar-refractivity contribution < 1.29 is 9.53 Å². The quantitative estimate of drug-likeness (QED) is 0.640. The molecule has 1 amide bonds. The van der Waals surface area contributed by atoms with Crippen LogP contribution in [0.4, 0.5) is 0 Å². The van der Waals surface area contributed by atoms with Crippen LogP contribution in [0.3, 0.4) is 0 Å². The first-order chi connectivity index (χ1) is 6.11. The summed E-state index contributed by atoms with van der Waals surface area (Å²) in [5.74, 6) is 0.752. The number of carbonyl (C=O) groups is 1. The summed E-state index contributed by atoms with van der Waals surface area (Å²) in [5.41, 5.74) is 0.0899. The summed E-state index contributed by atoms with van der Waals surface area (Å²) in [7, 11) is 0. The molecule has 1 spiro atoms. The molecule has 2 aliphatic rings. The second-order valence-electron chi connectivity index (χ2n) is 4.63. The number of hydrogen-bond acceptors (Lipinski definition) is 2. The molecule has 0 unspecified atom stereocenters. The fraction of sp³-hybridized carbons (Fsp3) is 0.900. The lowest BCUT2D eigenvalue weighted by molar-refractivity contribution is -0.221. The van der Waals surface area contributed by atoms with Gasteiger partial charge in [-0.2, -0.15) is 0 Å². The summed E-state index contributed by atoms with van der Waals surface area (Å²) in [6, 6.07) is 0. The molecule has 0 radical (unpaired) electrons. The normalized spacial score (nSPS) is 24.4. The minimum Gasteiger partial charge on any atom is -0.371 e. The van der Waals surface area contributed by atoms with E-state index in [-0.39, 0.29) is 11.5 Å². The van der Waals surface area contributed by atoms with Gasteiger partial charge in [-0.15, -0.1) is 0 Å². The molecule has 0 bridgehead atoms. The largest absolute Gasteiger partial charge is 0.371 e. The van der Waals surface area contributed by atoms with Crippen molar-refractivity contribution in [2.24, 2.45) is 5.92 Å². The lowest BCUT2D eigenvalue weighted by Gasteiger charge is -2.55. The van der Waals surface area contributed by atoms with Crippen LogP contribution < -0.4 is 0 Å². The van der Waals surface area contributed by atoms with E-state index in [0.29, 0.717) is 12.3 Å². The van der Waals surface area contributed by atoms with Crippen LogP contribution in [0, 0.1) is 5.92 Å². The fourth-order valence-electron chi connectivity index (χ4n) is 1.94. The molecule has 13 heavy (non-hydrogen) atoms. The molecule has 74 valence electrons. The van der Waals surface area contributed by atoms with E-state index >= 15 is 0 Å². The van der Waals surface area contributed by atoms with Crippen molar-refractivity contribution in [3.05, 3.63) is 0 Å². The highest BCUT2D eigenvalue weighted by Gasteiger charge is 2.50. The highest BCUT2D eigenvalue weighted by Crippen LogP contribution is 2.36. The molecule has 2 heterocycles. The number of likely N-dealkylation sites (tertiary alicyclic amines) is 1. The van der Waals surface area contributed by atoms with Crippen LogP contribution in [0.5, 0.6) is 0 Å². The maximum absolute atomic E-state index is 11.5. The second-order valence-corrected chi connectivity index (χ2v) is 4.63. The van der Waals surface area contributed by atoms with E-state index in [1.807, 2.05) is 4.90 Å². The number of nitrogens with zero attached hydrogens (tertiary/aromatic N) is 1. The molecule has 0 aromatic rings. The van der Waals surface area contributed by atoms with Gasteiger partial charge in [-0.05, 0) is 5.92 Å². The van der Waals surface area contributed by atoms with Gasteiger partial charge in [0.15, 0.2) is 0 Å². The number of hydrogen-bond donors (Lipinski definition) is 0. The average molecular weight is 183 g/mol. The van der Waals surface area contributed by atoms with E-state index in [1.54, 1.807) is 0 Å². The Morgan fingerprint density at radius 3 is 2.54 bits per heavy atom. The molecule has 2 aliphatic heterocycles. The minimum absolute atomic E-state index is 0.0899. The van der Waals surface area contributed by atoms with E-state index in [4.69, 9.17) is 4.74 Å². The Morgan fingerprint density at radius 2 is 2.15 bits per heavy atom. The van der Waals surface area contributed by atoms with Crippen molar-refractivity contribution in [2.45, 2.75) is 32.3 Å². The highest BCUT2D eigenvalue weighted by molar-refractivity contribution is 5.77. The van der Waals surface area contributed by atoms with Crippen LogP contribution in [0.15, 0.2) is 0 Å². The molecule has 0 atom stereocenters. The third-order valence-corrected chi connectivity index (χ3v) is 2.86. The molecule has 2 fully saturated rings. The van der Waals surface area contributed by atoms with Gasteiger partial charge in [0.2, 0.25) is 5.91 Å². The third-order valence-electron chi connectivity index (χ3n) is 2.86. The van der Waals surface area contributed by atoms with Crippen molar-refractivity contribution in [3.8, 4) is 0 Å². The Kier molecular flexibility index (Phi) is 2.06. The van der Waals surface area contributed by atoms with Crippen LogP contribution in [-0.2, 0) is 9.53 Å². The highest BCUT2D eigenvalue weighted by atomic mass is 16.5. The van der Waals surface area contributed by atoms with Gasteiger partial charge in [-0.25, -0.2) is 0 Å². The first-order valence-corrected chi connectivity index (χ1v) is 5.03. The predicted molar refractivity (Wildman–Crippen MR) is 49.3 cm³/mol. The van der Waals surface area contributed by atoms with Gasteiger partial charge < -0.3 is 9.64 Å². The molecule has 0 aromatic carbocycles. The third kappa shape index (κ3) is 1.57. The van der Waals surface area contributed by atoms with Crippen molar-refractivity contribution in [1.29, 1.82) is 0 Å². The van der Waals surface area contributed by atoms with Gasteiger partial charge in [0.25, 0.3) is 0 Å². The van der Waals surface area contributed by atoms with Gasteiger partial charge in [-0.3, -0.25) is 4.79 Å². The van der Waals surface area contributed by atoms with Gasteiger partial charge in [0.05, 0.1) is 19.7 Å². The zero-order valence-electron chi connectivity index (χ0n) is 8.38. The zero-order valence-corrected chi connectivity index (χ0v) is 8.38. The topological polar surface area (TPSA) is 29.5 Å². The summed E-state index contributed by atoms with van der Waals surface area (Å²) in [6.45, 7) is 6.70. The summed E-state index contributed by atoms with van der Waals surface area (Å²) < 4.78 is 5.45. The number of ether oxygens (including phenoxy) is 1. The fourth-order valence-corrected chi connectivity index (χ4v) is 1.94. The molecule has 0 aromatic heterocycles. The molecule has 2 rings (SSSR count). The van der Waals surface area contributed by atoms with Crippen LogP contribution in [0.1, 0.15) is 26.7 Å². The number of rotatable bonds is 2. The van der Waals surface area contributed by atoms with E-state index < -0.39 is 0 Å². The lowest BCUT2D eigenvalue weighted by Crippen LogP contribution is -2.69. The van der Waals surface area contributed by atoms with Crippen molar-refractivity contribution in [1.82, 2.24) is 4.90 Å². The Morgan fingerprint density at radius 1 is 1.54 bits per heavy atom. The molecule has 0 saturated carbocycles. The first kappa shape index (κ1) is 9.00. The minimum atomic E-state index is 0.0899. The second kappa shape index (κ2) is 2.98. The van der Waals surface area contributed by atoms with Gasteiger partial charge in [0, 0.05) is 12.8 Å². The Balaban J connectivity index is 1.76. The molecule has 3 nitrogen and oxygen atoms in total. The standard InChI is InChI=1S/C10H17NO2/c1-8(2)5-9(12)11-6-10(7-11)3-4-13-10/h8H,3-7H2,1-2H3.